The molecule has 0 aliphatic rings. The van der Waals surface area contributed by atoms with E-state index in [1.165, 1.54) is 0 Å². The first-order valence-electron chi connectivity index (χ1n) is 5.43. The molecule has 0 saturated carbocycles. The molecule has 0 amide bonds. The lowest BCUT2D eigenvalue weighted by molar-refractivity contribution is 0.0826. The average Bonchev–Trinajstić information content (AvgIpc) is 2.35. The van der Waals surface area contributed by atoms with E-state index >= 15 is 0 Å². The Morgan fingerprint density at radius 1 is 0.611 bits per heavy atom. The van der Waals surface area contributed by atoms with Crippen molar-refractivity contribution in [3.8, 4) is 17.2 Å². The van der Waals surface area contributed by atoms with Crippen LogP contribution in [0.3, 0.4) is 0 Å². The summed E-state index contributed by atoms with van der Waals surface area (Å²) >= 11 is 0. The van der Waals surface area contributed by atoms with E-state index < -0.39 is 20.4 Å². The van der Waals surface area contributed by atoms with Crippen molar-refractivity contribution in [2.45, 2.75) is 20.8 Å². The van der Waals surface area contributed by atoms with E-state index in [1.807, 2.05) is 0 Å². The molecule has 6 nitrogen and oxygen atoms in total. The predicted octanol–water partition coefficient (Wildman–Crippen LogP) is 0.598. The van der Waals surface area contributed by atoms with Crippen molar-refractivity contribution in [3.05, 3.63) is 16.7 Å². The molecule has 0 fully saturated rings. The van der Waals surface area contributed by atoms with E-state index in [1.54, 1.807) is 20.8 Å². The summed E-state index contributed by atoms with van der Waals surface area (Å²) in [7, 11) is 0. The number of hydrogen-bond donors (Lipinski definition) is 3. The molecule has 3 N–H and O–H groups in total. The number of rotatable bonds is 6. The molecule has 0 aliphatic carbocycles. The first kappa shape index (κ1) is 14.6. The van der Waals surface area contributed by atoms with Crippen LogP contribution in [0.15, 0.2) is 0 Å². The van der Waals surface area contributed by atoms with Gasteiger partial charge in [-0.1, -0.05) is 0 Å². The highest BCUT2D eigenvalue weighted by atomic mass is 16.6. The zero-order chi connectivity index (χ0) is 13.7. The van der Waals surface area contributed by atoms with E-state index in [-0.39, 0.29) is 0 Å². The van der Waals surface area contributed by atoms with Gasteiger partial charge in [0.05, 0.1) is 0 Å². The largest absolute Gasteiger partial charge is 0.467 e. The first-order chi connectivity index (χ1) is 8.58. The third kappa shape index (κ3) is 2.66. The molecule has 1 aromatic rings. The smallest absolute Gasteiger partial charge is 0.186 e. The van der Waals surface area contributed by atoms with Gasteiger partial charge in [-0.2, -0.15) is 0 Å². The highest BCUT2D eigenvalue weighted by Crippen LogP contribution is 2.42. The van der Waals surface area contributed by atoms with Crippen LogP contribution in [0.5, 0.6) is 17.2 Å². The number of ether oxygens (including phenoxy) is 3. The van der Waals surface area contributed by atoms with E-state index in [4.69, 9.17) is 29.5 Å². The molecule has 0 spiro atoms. The summed E-state index contributed by atoms with van der Waals surface area (Å²) in [4.78, 5) is 0. The fraction of sp³-hybridized carbons (Fsp3) is 0.500. The third-order valence-electron chi connectivity index (χ3n) is 2.67. The van der Waals surface area contributed by atoms with Gasteiger partial charge in [0.1, 0.15) is 17.2 Å². The second-order valence-corrected chi connectivity index (χ2v) is 3.68. The lowest BCUT2D eigenvalue weighted by Crippen LogP contribution is -2.08. The summed E-state index contributed by atoms with van der Waals surface area (Å²) in [5.74, 6) is 1.24. The molecule has 0 aromatic heterocycles. The summed E-state index contributed by atoms with van der Waals surface area (Å²) < 4.78 is 15.4. The van der Waals surface area contributed by atoms with E-state index in [9.17, 15) is 0 Å². The van der Waals surface area contributed by atoms with Gasteiger partial charge in [0.15, 0.2) is 20.4 Å². The lowest BCUT2D eigenvalue weighted by atomic mass is 10.0. The number of aliphatic hydroxyl groups is 3. The zero-order valence-corrected chi connectivity index (χ0v) is 10.7. The van der Waals surface area contributed by atoms with Crippen LogP contribution in [0.4, 0.5) is 0 Å². The van der Waals surface area contributed by atoms with Crippen molar-refractivity contribution in [1.29, 1.82) is 0 Å². The SMILES string of the molecule is Cc1c(OCO)c(C)c(OCO)c(C)c1OCO. The molecule has 0 unspecified atom stereocenters. The molecule has 1 aromatic carbocycles. The van der Waals surface area contributed by atoms with Gasteiger partial charge in [0.25, 0.3) is 0 Å². The van der Waals surface area contributed by atoms with Crippen molar-refractivity contribution in [2.75, 3.05) is 20.4 Å². The minimum Gasteiger partial charge on any atom is -0.467 e. The maximum absolute atomic E-state index is 8.88. The first-order valence-corrected chi connectivity index (χ1v) is 5.43. The van der Waals surface area contributed by atoms with Gasteiger partial charge in [-0.05, 0) is 20.8 Å². The molecule has 0 heterocycles. The molecule has 0 bridgehead atoms. The predicted molar refractivity (Wildman–Crippen MR) is 63.8 cm³/mol. The molecule has 0 atom stereocenters. The Morgan fingerprint density at radius 3 is 1.00 bits per heavy atom. The maximum atomic E-state index is 8.88. The molecule has 0 aliphatic heterocycles. The highest BCUT2D eigenvalue weighted by Gasteiger charge is 2.20. The van der Waals surface area contributed by atoms with Crippen LogP contribution in [0.25, 0.3) is 0 Å². The van der Waals surface area contributed by atoms with Crippen LogP contribution < -0.4 is 14.2 Å². The highest BCUT2D eigenvalue weighted by molar-refractivity contribution is 5.61. The Labute approximate surface area is 105 Å². The summed E-state index contributed by atoms with van der Waals surface area (Å²) in [6, 6.07) is 0. The Morgan fingerprint density at radius 2 is 0.833 bits per heavy atom. The van der Waals surface area contributed by atoms with Crippen LogP contribution in [0, 0.1) is 20.8 Å². The molecule has 1 rings (SSSR count). The zero-order valence-electron chi connectivity index (χ0n) is 10.7. The summed E-state index contributed by atoms with van der Waals surface area (Å²) in [6.07, 6.45) is 0. The van der Waals surface area contributed by atoms with Crippen molar-refractivity contribution in [3.63, 3.8) is 0 Å². The second kappa shape index (κ2) is 6.44. The van der Waals surface area contributed by atoms with Crippen LogP contribution >= 0.6 is 0 Å². The van der Waals surface area contributed by atoms with Crippen molar-refractivity contribution < 1.29 is 29.5 Å². The van der Waals surface area contributed by atoms with Gasteiger partial charge in [-0.15, -0.1) is 0 Å². The summed E-state index contributed by atoms with van der Waals surface area (Å²) in [5, 5.41) is 26.6. The van der Waals surface area contributed by atoms with E-state index in [0.717, 1.165) is 0 Å². The molecule has 102 valence electrons. The Bertz CT molecular complexity index is 333. The van der Waals surface area contributed by atoms with Crippen molar-refractivity contribution >= 4 is 0 Å². The standard InChI is InChI=1S/C12H18O6/c1-7-10(16-4-13)8(2)12(18-6-15)9(3)11(7)17-5-14/h13-15H,4-6H2,1-3H3. The van der Waals surface area contributed by atoms with E-state index in [2.05, 4.69) is 0 Å². The number of benzene rings is 1. The van der Waals surface area contributed by atoms with Gasteiger partial charge in [-0.25, -0.2) is 0 Å². The minimum absolute atomic E-state index is 0.412. The maximum Gasteiger partial charge on any atom is 0.186 e. The second-order valence-electron chi connectivity index (χ2n) is 3.68. The third-order valence-corrected chi connectivity index (χ3v) is 2.67. The van der Waals surface area contributed by atoms with Crippen LogP contribution in [0.1, 0.15) is 16.7 Å². The fourth-order valence-electron chi connectivity index (χ4n) is 2.00. The lowest BCUT2D eigenvalue weighted by Gasteiger charge is -2.20. The Kier molecular flexibility index (Phi) is 5.21. The van der Waals surface area contributed by atoms with Crippen LogP contribution in [-0.2, 0) is 0 Å². The minimum atomic E-state index is -0.484. The van der Waals surface area contributed by atoms with Gasteiger partial charge in [-0.3, -0.25) is 0 Å². The molecule has 6 heteroatoms. The summed E-state index contributed by atoms with van der Waals surface area (Å²) in [6.45, 7) is 3.79. The van der Waals surface area contributed by atoms with Crippen molar-refractivity contribution in [1.82, 2.24) is 0 Å². The molecule has 0 radical (unpaired) electrons. The molecular weight excluding hydrogens is 240 g/mol. The van der Waals surface area contributed by atoms with Gasteiger partial charge in [0, 0.05) is 16.7 Å². The monoisotopic (exact) mass is 258 g/mol. The van der Waals surface area contributed by atoms with Crippen molar-refractivity contribution in [2.24, 2.45) is 0 Å². The Hall–Kier alpha value is -1.50. The van der Waals surface area contributed by atoms with Gasteiger partial charge < -0.3 is 29.5 Å². The average molecular weight is 258 g/mol. The molecular formula is C12H18O6. The molecule has 18 heavy (non-hydrogen) atoms. The van der Waals surface area contributed by atoms with Gasteiger partial charge in [0.2, 0.25) is 0 Å². The number of hydrogen-bond acceptors (Lipinski definition) is 6. The topological polar surface area (TPSA) is 88.4 Å². The number of aliphatic hydroxyl groups excluding tert-OH is 3. The normalized spacial score (nSPS) is 10.3. The fourth-order valence-corrected chi connectivity index (χ4v) is 2.00. The quantitative estimate of drug-likeness (QED) is 0.647. The van der Waals surface area contributed by atoms with E-state index in [0.29, 0.717) is 33.9 Å². The Balaban J connectivity index is 3.42. The van der Waals surface area contributed by atoms with Gasteiger partial charge >= 0.3 is 0 Å². The van der Waals surface area contributed by atoms with Crippen LogP contribution in [-0.4, -0.2) is 35.7 Å². The van der Waals surface area contributed by atoms with Crippen LogP contribution in [0.2, 0.25) is 0 Å². The molecule has 0 saturated heterocycles. The summed E-state index contributed by atoms with van der Waals surface area (Å²) in [5.41, 5.74) is 1.95.